The summed E-state index contributed by atoms with van der Waals surface area (Å²) >= 11 is 1.80. The van der Waals surface area contributed by atoms with Gasteiger partial charge < -0.3 is 11.1 Å². The molecule has 3 unspecified atom stereocenters. The Morgan fingerprint density at radius 1 is 1.43 bits per heavy atom. The van der Waals surface area contributed by atoms with Gasteiger partial charge in [-0.3, -0.25) is 4.79 Å². The summed E-state index contributed by atoms with van der Waals surface area (Å²) in [5, 5.41) is 2.96. The molecule has 0 aliphatic heterocycles. The third kappa shape index (κ3) is 5.50. The Morgan fingerprint density at radius 3 is 2.43 bits per heavy atom. The van der Waals surface area contributed by atoms with Crippen LogP contribution in [0, 0.1) is 5.92 Å². The quantitative estimate of drug-likeness (QED) is 0.705. The Balaban J connectivity index is 3.81. The first-order valence-electron chi connectivity index (χ1n) is 5.04. The van der Waals surface area contributed by atoms with Crippen LogP contribution >= 0.6 is 11.8 Å². The lowest BCUT2D eigenvalue weighted by molar-refractivity contribution is -0.125. The highest BCUT2D eigenvalue weighted by molar-refractivity contribution is 7.98. The van der Waals surface area contributed by atoms with Gasteiger partial charge in [0.15, 0.2) is 0 Å². The summed E-state index contributed by atoms with van der Waals surface area (Å²) in [5.74, 6) is 1.04. The molecule has 0 fully saturated rings. The first-order chi connectivity index (χ1) is 6.49. The Morgan fingerprint density at radius 2 is 2.00 bits per heavy atom. The summed E-state index contributed by atoms with van der Waals surface area (Å²) in [6.45, 7) is 5.75. The topological polar surface area (TPSA) is 55.1 Å². The van der Waals surface area contributed by atoms with E-state index in [1.165, 1.54) is 0 Å². The van der Waals surface area contributed by atoms with Gasteiger partial charge in [-0.05, 0) is 32.3 Å². The largest absolute Gasteiger partial charge is 0.353 e. The van der Waals surface area contributed by atoms with Gasteiger partial charge >= 0.3 is 0 Å². The van der Waals surface area contributed by atoms with Gasteiger partial charge in [0, 0.05) is 18.0 Å². The zero-order valence-corrected chi connectivity index (χ0v) is 10.4. The van der Waals surface area contributed by atoms with Gasteiger partial charge in [0.2, 0.25) is 5.91 Å². The van der Waals surface area contributed by atoms with E-state index in [4.69, 9.17) is 5.73 Å². The fraction of sp³-hybridized carbons (Fsp3) is 0.900. The average Bonchev–Trinajstić information content (AvgIpc) is 2.13. The molecular formula is C10H22N2OS. The molecule has 0 bridgehead atoms. The maximum absolute atomic E-state index is 11.6. The first-order valence-corrected chi connectivity index (χ1v) is 6.43. The van der Waals surface area contributed by atoms with Gasteiger partial charge in [-0.2, -0.15) is 11.8 Å². The monoisotopic (exact) mass is 218 g/mol. The van der Waals surface area contributed by atoms with Crippen molar-refractivity contribution in [2.24, 2.45) is 11.7 Å². The molecule has 3 atom stereocenters. The summed E-state index contributed by atoms with van der Waals surface area (Å²) in [6, 6.07) is 0.166. The molecule has 3 nitrogen and oxygen atoms in total. The van der Waals surface area contributed by atoms with Crippen LogP contribution < -0.4 is 11.1 Å². The predicted molar refractivity (Wildman–Crippen MR) is 63.4 cm³/mol. The van der Waals surface area contributed by atoms with Crippen molar-refractivity contribution < 1.29 is 4.79 Å². The zero-order chi connectivity index (χ0) is 11.1. The van der Waals surface area contributed by atoms with Crippen LogP contribution in [0.5, 0.6) is 0 Å². The maximum atomic E-state index is 11.6. The molecule has 0 aromatic carbocycles. The van der Waals surface area contributed by atoms with Gasteiger partial charge in [-0.1, -0.05) is 6.92 Å². The van der Waals surface area contributed by atoms with Gasteiger partial charge in [0.1, 0.15) is 0 Å². The second-order valence-electron chi connectivity index (χ2n) is 3.84. The number of nitrogens with one attached hydrogen (secondary N) is 1. The molecular weight excluding hydrogens is 196 g/mol. The Hall–Kier alpha value is -0.220. The van der Waals surface area contributed by atoms with Crippen LogP contribution in [-0.4, -0.2) is 30.0 Å². The smallest absolute Gasteiger partial charge is 0.224 e. The summed E-state index contributed by atoms with van der Waals surface area (Å²) in [7, 11) is 0. The lowest BCUT2D eigenvalue weighted by Gasteiger charge is -2.19. The summed E-state index contributed by atoms with van der Waals surface area (Å²) in [6.07, 6.45) is 3.08. The molecule has 0 saturated carbocycles. The number of hydrogen-bond acceptors (Lipinski definition) is 3. The molecule has 0 radical (unpaired) electrons. The minimum absolute atomic E-state index is 0.0635. The second-order valence-corrected chi connectivity index (χ2v) is 4.82. The third-order valence-electron chi connectivity index (χ3n) is 2.35. The Bertz CT molecular complexity index is 174. The lowest BCUT2D eigenvalue weighted by Crippen LogP contribution is -2.42. The number of hydrogen-bond donors (Lipinski definition) is 2. The minimum Gasteiger partial charge on any atom is -0.353 e. The number of carbonyl (C=O) groups is 1. The highest BCUT2D eigenvalue weighted by Gasteiger charge is 2.18. The van der Waals surface area contributed by atoms with E-state index in [1.54, 1.807) is 11.8 Å². The van der Waals surface area contributed by atoms with Crippen LogP contribution in [0.1, 0.15) is 27.2 Å². The van der Waals surface area contributed by atoms with Gasteiger partial charge in [0.25, 0.3) is 0 Å². The molecule has 0 aromatic rings. The van der Waals surface area contributed by atoms with E-state index in [-0.39, 0.29) is 23.9 Å². The van der Waals surface area contributed by atoms with Crippen molar-refractivity contribution >= 4 is 17.7 Å². The average molecular weight is 218 g/mol. The predicted octanol–water partition coefficient (Wildman–Crippen LogP) is 1.23. The molecule has 4 heteroatoms. The molecule has 0 aromatic heterocycles. The molecule has 0 saturated heterocycles. The first kappa shape index (κ1) is 13.8. The summed E-state index contributed by atoms with van der Waals surface area (Å²) in [5.41, 5.74) is 5.65. The van der Waals surface area contributed by atoms with Crippen LogP contribution in [-0.2, 0) is 4.79 Å². The van der Waals surface area contributed by atoms with Crippen LogP contribution in [0.25, 0.3) is 0 Å². The highest BCUT2D eigenvalue weighted by atomic mass is 32.2. The Labute approximate surface area is 91.2 Å². The van der Waals surface area contributed by atoms with Crippen LogP contribution in [0.2, 0.25) is 0 Å². The van der Waals surface area contributed by atoms with Crippen LogP contribution in [0.4, 0.5) is 0 Å². The highest BCUT2D eigenvalue weighted by Crippen LogP contribution is 2.03. The van der Waals surface area contributed by atoms with Crippen molar-refractivity contribution in [1.29, 1.82) is 0 Å². The van der Waals surface area contributed by atoms with Crippen LogP contribution in [0.15, 0.2) is 0 Å². The van der Waals surface area contributed by atoms with Crippen molar-refractivity contribution in [2.75, 3.05) is 12.0 Å². The lowest BCUT2D eigenvalue weighted by atomic mass is 10.0. The number of amides is 1. The van der Waals surface area contributed by atoms with Gasteiger partial charge in [-0.25, -0.2) is 0 Å². The van der Waals surface area contributed by atoms with Crippen molar-refractivity contribution in [2.45, 2.75) is 39.3 Å². The molecule has 0 aliphatic carbocycles. The van der Waals surface area contributed by atoms with Crippen LogP contribution in [0.3, 0.4) is 0 Å². The Kier molecular flexibility index (Phi) is 7.01. The SMILES string of the molecule is CSCCC(C)NC(=O)C(C)C(C)N. The molecule has 0 spiro atoms. The molecule has 3 N–H and O–H groups in total. The standard InChI is InChI=1S/C10H22N2OS/c1-7(5-6-14-4)12-10(13)8(2)9(3)11/h7-9H,5-6,11H2,1-4H3,(H,12,13). The van der Waals surface area contributed by atoms with Gasteiger partial charge in [-0.15, -0.1) is 0 Å². The van der Waals surface area contributed by atoms with Crippen molar-refractivity contribution in [1.82, 2.24) is 5.32 Å². The number of rotatable bonds is 6. The van der Waals surface area contributed by atoms with Crippen molar-refractivity contribution in [3.8, 4) is 0 Å². The molecule has 84 valence electrons. The second kappa shape index (κ2) is 7.12. The fourth-order valence-corrected chi connectivity index (χ4v) is 1.57. The van der Waals surface area contributed by atoms with E-state index in [9.17, 15) is 4.79 Å². The van der Waals surface area contributed by atoms with Crippen molar-refractivity contribution in [3.63, 3.8) is 0 Å². The van der Waals surface area contributed by atoms with E-state index < -0.39 is 0 Å². The normalized spacial score (nSPS) is 17.2. The van der Waals surface area contributed by atoms with E-state index in [0.717, 1.165) is 12.2 Å². The summed E-state index contributed by atoms with van der Waals surface area (Å²) < 4.78 is 0. The van der Waals surface area contributed by atoms with E-state index in [0.29, 0.717) is 0 Å². The van der Waals surface area contributed by atoms with E-state index >= 15 is 0 Å². The molecule has 0 aliphatic rings. The number of carbonyl (C=O) groups excluding carboxylic acids is 1. The molecule has 14 heavy (non-hydrogen) atoms. The maximum Gasteiger partial charge on any atom is 0.224 e. The fourth-order valence-electron chi connectivity index (χ4n) is 0.980. The number of nitrogens with two attached hydrogens (primary N) is 1. The minimum atomic E-state index is -0.105. The van der Waals surface area contributed by atoms with Crippen molar-refractivity contribution in [3.05, 3.63) is 0 Å². The number of thioether (sulfide) groups is 1. The zero-order valence-electron chi connectivity index (χ0n) is 9.54. The van der Waals surface area contributed by atoms with Gasteiger partial charge in [0.05, 0.1) is 0 Å². The van der Waals surface area contributed by atoms with E-state index in [2.05, 4.69) is 11.6 Å². The molecule has 1 amide bonds. The molecule has 0 rings (SSSR count). The molecule has 0 heterocycles. The third-order valence-corrected chi connectivity index (χ3v) is 2.99. The van der Waals surface area contributed by atoms with E-state index in [1.807, 2.05) is 20.8 Å². The summed E-state index contributed by atoms with van der Waals surface area (Å²) in [4.78, 5) is 11.6.